The summed E-state index contributed by atoms with van der Waals surface area (Å²) in [5.41, 5.74) is 1.26. The van der Waals surface area contributed by atoms with Gasteiger partial charge in [0.15, 0.2) is 0 Å². The van der Waals surface area contributed by atoms with Gasteiger partial charge >= 0.3 is 5.97 Å². The van der Waals surface area contributed by atoms with Gasteiger partial charge in [-0.25, -0.2) is 4.79 Å². The molecule has 1 aromatic rings. The molecule has 2 rings (SSSR count). The molecule has 0 fully saturated rings. The lowest BCUT2D eigenvalue weighted by molar-refractivity contribution is -0.119. The van der Waals surface area contributed by atoms with E-state index in [0.717, 1.165) is 12.0 Å². The molecule has 2 N–H and O–H groups in total. The third kappa shape index (κ3) is 5.24. The molecule has 0 spiro atoms. The van der Waals surface area contributed by atoms with Crippen molar-refractivity contribution in [1.82, 2.24) is 0 Å². The largest absolute Gasteiger partial charge is 0.506 e. The predicted molar refractivity (Wildman–Crippen MR) is 110 cm³/mol. The summed E-state index contributed by atoms with van der Waals surface area (Å²) in [4.78, 5) is 23.3. The summed E-state index contributed by atoms with van der Waals surface area (Å²) < 4.78 is 6.10. The fraction of sp³-hybridized carbons (Fsp3) is 0.478. The molecule has 0 radical (unpaired) electrons. The maximum Gasteiger partial charge on any atom is 0.339 e. The Balaban J connectivity index is 2.06. The Morgan fingerprint density at radius 2 is 2.00 bits per heavy atom. The zero-order valence-electron chi connectivity index (χ0n) is 17.3. The van der Waals surface area contributed by atoms with Crippen molar-refractivity contribution in [2.75, 3.05) is 0 Å². The number of hydrogen-bond donors (Lipinski definition) is 2. The van der Waals surface area contributed by atoms with Gasteiger partial charge in [0, 0.05) is 12.8 Å². The van der Waals surface area contributed by atoms with Crippen LogP contribution in [0, 0.1) is 12.8 Å². The third-order valence-electron chi connectivity index (χ3n) is 4.90. The zero-order chi connectivity index (χ0) is 21.1. The molecule has 1 atom stereocenters. The number of ether oxygens (including phenoxy) is 1. The van der Waals surface area contributed by atoms with Crippen LogP contribution in [0.4, 0.5) is 0 Å². The first kappa shape index (κ1) is 21.7. The summed E-state index contributed by atoms with van der Waals surface area (Å²) in [6.45, 7) is 9.66. The average Bonchev–Trinajstić information content (AvgIpc) is 2.52. The number of aromatic hydroxyl groups is 1. The molecule has 0 aliphatic carbocycles. The first-order valence-corrected chi connectivity index (χ1v) is 9.68. The van der Waals surface area contributed by atoms with Crippen molar-refractivity contribution in [2.24, 2.45) is 5.92 Å². The van der Waals surface area contributed by atoms with Crippen molar-refractivity contribution < 1.29 is 24.5 Å². The zero-order valence-corrected chi connectivity index (χ0v) is 17.3. The van der Waals surface area contributed by atoms with Crippen LogP contribution in [-0.2, 0) is 4.79 Å². The molecular weight excluding hydrogens is 356 g/mol. The highest BCUT2D eigenvalue weighted by atomic mass is 16.5. The van der Waals surface area contributed by atoms with Gasteiger partial charge in [0.2, 0.25) is 0 Å². The summed E-state index contributed by atoms with van der Waals surface area (Å²) in [6, 6.07) is 1.66. The Hall–Kier alpha value is -2.56. The van der Waals surface area contributed by atoms with E-state index in [1.165, 1.54) is 0 Å². The minimum atomic E-state index is -1.16. The lowest BCUT2D eigenvalue weighted by Crippen LogP contribution is -2.31. The molecule has 5 heteroatoms. The topological polar surface area (TPSA) is 83.8 Å². The molecule has 1 aliphatic rings. The standard InChI is InChI=1S/C23H30O5/c1-14(2)11-17(24)12-15(3)7-6-9-23(5)10-8-18-19(28-23)13-16(4)20(21(18)25)22(26)27/h7-8,10,13-14,25H,6,9,11-12H2,1-5H3,(H,26,27)/b15-7+/t23-/m0/s1. The Morgan fingerprint density at radius 1 is 1.32 bits per heavy atom. The number of phenols is 1. The number of ketones is 1. The van der Waals surface area contributed by atoms with E-state index in [-0.39, 0.29) is 17.1 Å². The number of fused-ring (bicyclic) bond motifs is 1. The first-order valence-electron chi connectivity index (χ1n) is 9.68. The summed E-state index contributed by atoms with van der Waals surface area (Å²) >= 11 is 0. The summed E-state index contributed by atoms with van der Waals surface area (Å²) in [5, 5.41) is 19.6. The number of aromatic carboxylic acids is 1. The predicted octanol–water partition coefficient (Wildman–Crippen LogP) is 5.29. The van der Waals surface area contributed by atoms with Gasteiger partial charge in [-0.1, -0.05) is 25.5 Å². The van der Waals surface area contributed by atoms with Crippen LogP contribution < -0.4 is 4.74 Å². The lowest BCUT2D eigenvalue weighted by Gasteiger charge is -2.32. The number of Topliss-reactive ketones (excluding diaryl/α,β-unsaturated/α-hetero) is 1. The summed E-state index contributed by atoms with van der Waals surface area (Å²) in [6.07, 6.45) is 8.21. The fourth-order valence-corrected chi connectivity index (χ4v) is 3.50. The van der Waals surface area contributed by atoms with Crippen molar-refractivity contribution in [1.29, 1.82) is 0 Å². The van der Waals surface area contributed by atoms with Crippen LogP contribution in [0.25, 0.3) is 6.08 Å². The van der Waals surface area contributed by atoms with Crippen LogP contribution in [0.3, 0.4) is 0 Å². The maximum atomic E-state index is 11.9. The van der Waals surface area contributed by atoms with Crippen LogP contribution in [0.15, 0.2) is 23.8 Å². The third-order valence-corrected chi connectivity index (χ3v) is 4.90. The van der Waals surface area contributed by atoms with E-state index >= 15 is 0 Å². The van der Waals surface area contributed by atoms with Gasteiger partial charge in [0.1, 0.15) is 28.4 Å². The van der Waals surface area contributed by atoms with E-state index in [1.807, 2.05) is 33.8 Å². The molecular formula is C23H30O5. The number of carbonyl (C=O) groups is 2. The molecule has 1 heterocycles. The molecule has 0 bridgehead atoms. The highest BCUT2D eigenvalue weighted by molar-refractivity contribution is 5.95. The molecule has 0 unspecified atom stereocenters. The van der Waals surface area contributed by atoms with Gasteiger partial charge in [-0.15, -0.1) is 0 Å². The van der Waals surface area contributed by atoms with Gasteiger partial charge in [0.05, 0.1) is 5.56 Å². The molecule has 1 aromatic carbocycles. The number of aryl methyl sites for hydroxylation is 1. The second kappa shape index (κ2) is 8.63. The molecule has 1 aliphatic heterocycles. The normalized spacial score (nSPS) is 18.7. The second-order valence-electron chi connectivity index (χ2n) is 8.28. The van der Waals surface area contributed by atoms with Gasteiger partial charge in [-0.3, -0.25) is 4.79 Å². The molecule has 0 saturated heterocycles. The van der Waals surface area contributed by atoms with E-state index in [2.05, 4.69) is 6.08 Å². The molecule has 0 amide bonds. The highest BCUT2D eigenvalue weighted by Crippen LogP contribution is 2.41. The van der Waals surface area contributed by atoms with E-state index < -0.39 is 11.6 Å². The van der Waals surface area contributed by atoms with Crippen LogP contribution >= 0.6 is 0 Å². The molecule has 5 nitrogen and oxygen atoms in total. The van der Waals surface area contributed by atoms with Crippen molar-refractivity contribution >= 4 is 17.8 Å². The van der Waals surface area contributed by atoms with Crippen LogP contribution in [0.2, 0.25) is 0 Å². The Bertz CT molecular complexity index is 832. The van der Waals surface area contributed by atoms with Crippen molar-refractivity contribution in [3.8, 4) is 11.5 Å². The lowest BCUT2D eigenvalue weighted by atomic mass is 9.92. The van der Waals surface area contributed by atoms with Crippen molar-refractivity contribution in [3.63, 3.8) is 0 Å². The van der Waals surface area contributed by atoms with Crippen molar-refractivity contribution in [2.45, 2.75) is 65.9 Å². The monoisotopic (exact) mass is 386 g/mol. The molecule has 152 valence electrons. The summed E-state index contributed by atoms with van der Waals surface area (Å²) in [5.74, 6) is -0.301. The van der Waals surface area contributed by atoms with Gasteiger partial charge in [0.25, 0.3) is 0 Å². The van der Waals surface area contributed by atoms with Gasteiger partial charge in [-0.2, -0.15) is 0 Å². The van der Waals surface area contributed by atoms with E-state index in [0.29, 0.717) is 42.1 Å². The average molecular weight is 386 g/mol. The quantitative estimate of drug-likeness (QED) is 0.593. The second-order valence-corrected chi connectivity index (χ2v) is 8.28. The molecule has 0 aromatic heterocycles. The maximum absolute atomic E-state index is 11.9. The number of rotatable bonds is 8. The summed E-state index contributed by atoms with van der Waals surface area (Å²) in [7, 11) is 0. The van der Waals surface area contributed by atoms with Crippen LogP contribution in [0.1, 0.15) is 74.9 Å². The minimum Gasteiger partial charge on any atom is -0.506 e. The first-order chi connectivity index (χ1) is 13.0. The number of carboxylic acid groups (broad SMARTS) is 1. The fourth-order valence-electron chi connectivity index (χ4n) is 3.50. The van der Waals surface area contributed by atoms with Gasteiger partial charge in [-0.05, 0) is 63.3 Å². The highest BCUT2D eigenvalue weighted by Gasteiger charge is 2.30. The number of benzene rings is 1. The van der Waals surface area contributed by atoms with E-state index in [4.69, 9.17) is 4.74 Å². The SMILES string of the molecule is C/C(=C\CC[C@@]1(C)C=Cc2c(cc(C)c(C(=O)O)c2O)O1)CC(=O)CC(C)C. The van der Waals surface area contributed by atoms with Gasteiger partial charge < -0.3 is 14.9 Å². The smallest absolute Gasteiger partial charge is 0.339 e. The number of carbonyl (C=O) groups excluding carboxylic acids is 1. The van der Waals surface area contributed by atoms with E-state index in [9.17, 15) is 19.8 Å². The Labute approximate surface area is 166 Å². The number of allylic oxidation sites excluding steroid dienone is 2. The number of hydrogen-bond acceptors (Lipinski definition) is 4. The Kier molecular flexibility index (Phi) is 6.70. The molecule has 0 saturated carbocycles. The minimum absolute atomic E-state index is 0.0970. The van der Waals surface area contributed by atoms with Crippen molar-refractivity contribution in [3.05, 3.63) is 40.5 Å². The van der Waals surface area contributed by atoms with Crippen LogP contribution in [0.5, 0.6) is 11.5 Å². The number of carboxylic acids is 1. The van der Waals surface area contributed by atoms with E-state index in [1.54, 1.807) is 19.1 Å². The Morgan fingerprint density at radius 3 is 2.61 bits per heavy atom. The molecule has 28 heavy (non-hydrogen) atoms. The van der Waals surface area contributed by atoms with Crippen LogP contribution in [-0.4, -0.2) is 27.6 Å².